The molecule has 13 aliphatic rings. The maximum Gasteiger partial charge on any atom is 0.236 e. The molecule has 0 aliphatic carbocycles. The van der Waals surface area contributed by atoms with E-state index in [4.69, 9.17) is 18.9 Å². The molecule has 34 heteroatoms. The van der Waals surface area contributed by atoms with Gasteiger partial charge >= 0.3 is 0 Å². The standard InChI is InChI=1S/C21H38N4O3.C21H40N4O2.C18H34N4O2.2C16H30N2O3.C15H28N2O3/c1-21(2,3)16-19(26)24-6-4-18(5-7-24)23-10-8-22(9-11-23)17-20(27)25-12-14-28-15-13-25;1-17-14-23(16-20(27)22(5)6)11-12-25(17)15-18-7-9-24(10-8-18)19(26)13-21(2,3)4;1-18(2,3)17(24)22-12-10-21(11-13-22)15-6-8-20(9-7-15)14-16(23)19(4)5;2*1-16(2,3)10-15(20)17-6-4-13(5-7-17)18-8-9-21-14(11-18)12-19;1-12(2)9-15(19)16-5-3-13(4-6-16)17-7-8-20-11-14(17)10-18/h18H,4-17H2,1-3H3;17-18H,7-16H2,1-6H3;15H,6-14H2,1-5H3;2*13-14,19H,4-12H2,1-3H3;12-14,18H,3-11H2,1-2H3/t;17-;;2*14-;/m.1.10./s1. The Morgan fingerprint density at radius 3 is 1.06 bits per heavy atom. The molecule has 13 saturated heterocycles. The summed E-state index contributed by atoms with van der Waals surface area (Å²) in [5.74, 6) is 3.46. The van der Waals surface area contributed by atoms with Crippen LogP contribution in [0.3, 0.4) is 0 Å². The van der Waals surface area contributed by atoms with Crippen LogP contribution in [0.5, 0.6) is 0 Å². The van der Waals surface area contributed by atoms with Crippen molar-refractivity contribution in [3.05, 3.63) is 0 Å². The van der Waals surface area contributed by atoms with Crippen molar-refractivity contribution in [2.75, 3.05) is 310 Å². The van der Waals surface area contributed by atoms with Crippen LogP contribution in [-0.2, 0) is 62.1 Å². The molecule has 4 atom stereocenters. The van der Waals surface area contributed by atoms with Crippen molar-refractivity contribution in [2.45, 2.75) is 288 Å². The summed E-state index contributed by atoms with van der Waals surface area (Å²) in [6, 6.07) is 3.33. The van der Waals surface area contributed by atoms with Crippen molar-refractivity contribution in [2.24, 2.45) is 38.9 Å². The van der Waals surface area contributed by atoms with E-state index in [2.05, 4.69) is 158 Å². The zero-order chi connectivity index (χ0) is 104. The number of amides is 9. The van der Waals surface area contributed by atoms with Gasteiger partial charge in [-0.2, -0.15) is 0 Å². The number of likely N-dealkylation sites (N-methyl/N-ethyl adjacent to an activating group) is 2. The molecule has 0 bridgehead atoms. The highest BCUT2D eigenvalue weighted by Crippen LogP contribution is 2.32. The molecule has 13 fully saturated rings. The maximum absolute atomic E-state index is 12.4. The molecular formula is C107H200N18O16. The Morgan fingerprint density at radius 1 is 0.333 bits per heavy atom. The second kappa shape index (κ2) is 58.5. The Balaban J connectivity index is 0.000000208. The lowest BCUT2D eigenvalue weighted by atomic mass is 9.90. The topological polar surface area (TPSA) is 310 Å². The number of rotatable bonds is 22. The number of carbonyl (C=O) groups excluding carboxylic acids is 9. The SMILES string of the molecule is CC(C)(C)CC(=O)N1CCC(N2CCN(CC(=O)N3CCOCC3)CC2)CC1.CC(C)(C)CC(=O)N1CCC(N2CCO[C@@H](CO)C2)CC1.CC(C)(C)CC(=O)N1CCC(N2CCO[C@H](CO)C2)CC1.CC(C)CC(=O)N1CCC(N2CCOCC2CO)CC1.CN(C)C(=O)CN1CCC(N2CCN(C(=O)C(C)(C)C)CC2)CC1.C[C@@H]1CN(CC(=O)N(C)C)CCN1CC1CCN(C(=O)CC(C)(C)C)CC1. The molecule has 9 amide bonds. The number of morpholine rings is 4. The average molecular weight is 1990 g/mol. The minimum absolute atomic E-state index is 0.0423. The minimum atomic E-state index is -0.285. The van der Waals surface area contributed by atoms with E-state index in [1.807, 2.05) is 73.5 Å². The van der Waals surface area contributed by atoms with Crippen molar-refractivity contribution in [3.63, 3.8) is 0 Å². The summed E-state index contributed by atoms with van der Waals surface area (Å²) in [5.41, 5.74) is -0.0363. The van der Waals surface area contributed by atoms with Crippen molar-refractivity contribution < 1.29 is 77.4 Å². The molecule has 0 radical (unpaired) electrons. The van der Waals surface area contributed by atoms with Crippen molar-refractivity contribution in [1.29, 1.82) is 0 Å². The van der Waals surface area contributed by atoms with Gasteiger partial charge in [-0.1, -0.05) is 118 Å². The lowest BCUT2D eigenvalue weighted by Gasteiger charge is -2.44. The predicted octanol–water partition coefficient (Wildman–Crippen LogP) is 6.30. The van der Waals surface area contributed by atoms with Gasteiger partial charge in [0.15, 0.2) is 0 Å². The molecule has 0 spiro atoms. The fraction of sp³-hybridized carbons (Fsp3) is 0.916. The van der Waals surface area contributed by atoms with E-state index < -0.39 is 0 Å². The van der Waals surface area contributed by atoms with Crippen molar-refractivity contribution in [1.82, 2.24) is 88.2 Å². The smallest absolute Gasteiger partial charge is 0.236 e. The van der Waals surface area contributed by atoms with Gasteiger partial charge in [0.2, 0.25) is 53.2 Å². The van der Waals surface area contributed by atoms with Crippen LogP contribution in [0, 0.1) is 38.9 Å². The normalized spacial score (nSPS) is 24.4. The van der Waals surface area contributed by atoms with Gasteiger partial charge in [-0.15, -0.1) is 0 Å². The summed E-state index contributed by atoms with van der Waals surface area (Å²) in [4.78, 5) is 149. The number of aliphatic hydroxyl groups is 3. The Morgan fingerprint density at radius 2 is 0.681 bits per heavy atom. The van der Waals surface area contributed by atoms with E-state index in [1.54, 1.807) is 9.80 Å². The van der Waals surface area contributed by atoms with E-state index in [0.29, 0.717) is 151 Å². The maximum atomic E-state index is 12.4. The zero-order valence-electron chi connectivity index (χ0n) is 92.5. The largest absolute Gasteiger partial charge is 0.395 e. The van der Waals surface area contributed by atoms with Crippen LogP contribution in [0.4, 0.5) is 0 Å². The molecule has 814 valence electrons. The highest BCUT2D eigenvalue weighted by Gasteiger charge is 2.41. The molecule has 0 aromatic heterocycles. The van der Waals surface area contributed by atoms with Crippen LogP contribution in [0.2, 0.25) is 0 Å². The molecule has 13 rings (SSSR count). The number of aliphatic hydroxyl groups excluding tert-OH is 3. The van der Waals surface area contributed by atoms with E-state index in [-0.39, 0.29) is 101 Å². The molecular weight excluding hydrogens is 1790 g/mol. The fourth-order valence-electron chi connectivity index (χ4n) is 21.7. The molecule has 0 saturated carbocycles. The molecule has 13 heterocycles. The number of likely N-dealkylation sites (tertiary alicyclic amines) is 6. The van der Waals surface area contributed by atoms with Crippen molar-refractivity contribution in [3.8, 4) is 0 Å². The Kier molecular flexibility index (Phi) is 50.1. The van der Waals surface area contributed by atoms with Crippen molar-refractivity contribution >= 4 is 53.2 Å². The molecule has 141 heavy (non-hydrogen) atoms. The third-order valence-corrected chi connectivity index (χ3v) is 30.3. The number of hydrogen-bond acceptors (Lipinski definition) is 25. The van der Waals surface area contributed by atoms with Crippen LogP contribution >= 0.6 is 0 Å². The third kappa shape index (κ3) is 43.0. The van der Waals surface area contributed by atoms with Gasteiger partial charge in [0.05, 0.1) is 97.3 Å². The first-order valence-electron chi connectivity index (χ1n) is 54.6. The third-order valence-electron chi connectivity index (χ3n) is 30.3. The van der Waals surface area contributed by atoms with Gasteiger partial charge in [0, 0.05) is 305 Å². The van der Waals surface area contributed by atoms with Gasteiger partial charge < -0.3 is 78.4 Å². The first-order valence-corrected chi connectivity index (χ1v) is 54.6. The van der Waals surface area contributed by atoms with E-state index >= 15 is 0 Å². The summed E-state index contributed by atoms with van der Waals surface area (Å²) in [5, 5.41) is 27.9. The second-order valence-corrected chi connectivity index (χ2v) is 49.4. The van der Waals surface area contributed by atoms with Crippen LogP contribution in [0.25, 0.3) is 0 Å². The van der Waals surface area contributed by atoms with Gasteiger partial charge in [0.1, 0.15) is 0 Å². The van der Waals surface area contributed by atoms with Crippen LogP contribution in [-0.4, -0.2) is 521 Å². The molecule has 34 nitrogen and oxygen atoms in total. The average Bonchev–Trinajstić information content (AvgIpc) is 0.761. The van der Waals surface area contributed by atoms with E-state index in [1.165, 1.54) is 0 Å². The summed E-state index contributed by atoms with van der Waals surface area (Å²) < 4.78 is 21.8. The van der Waals surface area contributed by atoms with Crippen LogP contribution < -0.4 is 0 Å². The number of ether oxygens (including phenoxy) is 4. The summed E-state index contributed by atoms with van der Waals surface area (Å²) in [6.07, 6.45) is 15.9. The van der Waals surface area contributed by atoms with Crippen LogP contribution in [0.1, 0.15) is 234 Å². The fourth-order valence-corrected chi connectivity index (χ4v) is 21.7. The Bertz CT molecular complexity index is 3620. The lowest BCUT2D eigenvalue weighted by molar-refractivity contribution is -0.142. The predicted molar refractivity (Wildman–Crippen MR) is 556 cm³/mol. The summed E-state index contributed by atoms with van der Waals surface area (Å²) in [7, 11) is 7.27. The first kappa shape index (κ1) is 121. The van der Waals surface area contributed by atoms with Gasteiger partial charge in [-0.3, -0.25) is 87.3 Å². The van der Waals surface area contributed by atoms with Gasteiger partial charge in [0.25, 0.3) is 0 Å². The summed E-state index contributed by atoms with van der Waals surface area (Å²) in [6.45, 7) is 72.2. The number of piperidine rings is 6. The number of nitrogens with zero attached hydrogens (tertiary/aromatic N) is 18. The zero-order valence-corrected chi connectivity index (χ0v) is 92.5. The van der Waals surface area contributed by atoms with E-state index in [9.17, 15) is 58.5 Å². The minimum Gasteiger partial charge on any atom is -0.395 e. The Labute approximate surface area is 851 Å². The van der Waals surface area contributed by atoms with Crippen LogP contribution in [0.15, 0.2) is 0 Å². The second-order valence-electron chi connectivity index (χ2n) is 49.4. The number of carbonyl (C=O) groups is 9. The molecule has 3 N–H and O–H groups in total. The number of hydrogen-bond donors (Lipinski definition) is 3. The highest BCUT2D eigenvalue weighted by atomic mass is 16.5. The molecule has 13 aliphatic heterocycles. The monoisotopic (exact) mass is 1990 g/mol. The van der Waals surface area contributed by atoms with E-state index in [0.717, 1.165) is 287 Å². The quantitative estimate of drug-likeness (QED) is 0.107. The molecule has 1 unspecified atom stereocenters. The molecule has 0 aromatic carbocycles. The van der Waals surface area contributed by atoms with Gasteiger partial charge in [-0.25, -0.2) is 0 Å². The summed E-state index contributed by atoms with van der Waals surface area (Å²) >= 11 is 0. The Hall–Kier alpha value is -5.41. The number of piperazine rings is 3. The van der Waals surface area contributed by atoms with Gasteiger partial charge in [-0.05, 0) is 117 Å². The molecule has 0 aromatic rings. The first-order chi connectivity index (χ1) is 66.4. The lowest BCUT2D eigenvalue weighted by Crippen LogP contribution is -2.56. The highest BCUT2D eigenvalue weighted by molar-refractivity contribution is 5.82.